The van der Waals surface area contributed by atoms with E-state index < -0.39 is 5.97 Å². The molecule has 5 heteroatoms. The third-order valence-corrected chi connectivity index (χ3v) is 3.64. The first kappa shape index (κ1) is 14.3. The molecule has 0 aliphatic carbocycles. The Labute approximate surface area is 121 Å². The number of thiazole rings is 1. The Morgan fingerprint density at radius 2 is 2.25 bits per heavy atom. The molecule has 2 aromatic rings. The SMILES string of the molecule is CCc1nc(COc2ccccc2C=CC(=O)O)cs1. The van der Waals surface area contributed by atoms with Gasteiger partial charge in [-0.05, 0) is 18.6 Å². The molecule has 0 unspecified atom stereocenters. The molecule has 20 heavy (non-hydrogen) atoms. The molecule has 2 rings (SSSR count). The summed E-state index contributed by atoms with van der Waals surface area (Å²) in [4.78, 5) is 15.0. The van der Waals surface area contributed by atoms with Crippen molar-refractivity contribution in [1.29, 1.82) is 0 Å². The zero-order chi connectivity index (χ0) is 14.4. The van der Waals surface area contributed by atoms with Crippen molar-refractivity contribution in [2.75, 3.05) is 0 Å². The number of aryl methyl sites for hydroxylation is 1. The van der Waals surface area contributed by atoms with Gasteiger partial charge in [0.2, 0.25) is 0 Å². The van der Waals surface area contributed by atoms with Crippen molar-refractivity contribution in [2.24, 2.45) is 0 Å². The molecule has 1 aromatic heterocycles. The summed E-state index contributed by atoms with van der Waals surface area (Å²) in [5, 5.41) is 11.7. The lowest BCUT2D eigenvalue weighted by atomic mass is 10.2. The van der Waals surface area contributed by atoms with E-state index in [0.29, 0.717) is 12.4 Å². The van der Waals surface area contributed by atoms with Crippen LogP contribution in [0.3, 0.4) is 0 Å². The van der Waals surface area contributed by atoms with E-state index in [1.807, 2.05) is 29.6 Å². The van der Waals surface area contributed by atoms with Gasteiger partial charge in [0.05, 0.1) is 10.7 Å². The van der Waals surface area contributed by atoms with Crippen LogP contribution in [0.5, 0.6) is 5.75 Å². The van der Waals surface area contributed by atoms with Crippen LogP contribution in [0, 0.1) is 0 Å². The zero-order valence-corrected chi connectivity index (χ0v) is 11.9. The maximum absolute atomic E-state index is 10.6. The molecule has 0 saturated carbocycles. The van der Waals surface area contributed by atoms with Crippen molar-refractivity contribution in [3.63, 3.8) is 0 Å². The van der Waals surface area contributed by atoms with Crippen molar-refractivity contribution >= 4 is 23.4 Å². The molecule has 1 aromatic carbocycles. The fraction of sp³-hybridized carbons (Fsp3) is 0.200. The van der Waals surface area contributed by atoms with Crippen molar-refractivity contribution in [3.05, 3.63) is 52.0 Å². The minimum absolute atomic E-state index is 0.383. The lowest BCUT2D eigenvalue weighted by molar-refractivity contribution is -0.131. The van der Waals surface area contributed by atoms with E-state index in [1.165, 1.54) is 6.08 Å². The van der Waals surface area contributed by atoms with Crippen LogP contribution < -0.4 is 4.74 Å². The van der Waals surface area contributed by atoms with Crippen LogP contribution in [-0.2, 0) is 17.8 Å². The Kier molecular flexibility index (Phi) is 4.90. The van der Waals surface area contributed by atoms with Gasteiger partial charge in [-0.15, -0.1) is 11.3 Å². The Hall–Kier alpha value is -2.14. The van der Waals surface area contributed by atoms with Gasteiger partial charge >= 0.3 is 5.97 Å². The number of hydrogen-bond acceptors (Lipinski definition) is 4. The van der Waals surface area contributed by atoms with Gasteiger partial charge in [-0.1, -0.05) is 25.1 Å². The summed E-state index contributed by atoms with van der Waals surface area (Å²) >= 11 is 1.62. The fourth-order valence-corrected chi connectivity index (χ4v) is 2.37. The van der Waals surface area contributed by atoms with Gasteiger partial charge in [-0.3, -0.25) is 0 Å². The first-order valence-electron chi connectivity index (χ1n) is 6.25. The highest BCUT2D eigenvalue weighted by atomic mass is 32.1. The minimum atomic E-state index is -0.980. The normalized spacial score (nSPS) is 10.8. The summed E-state index contributed by atoms with van der Waals surface area (Å²) in [5.41, 5.74) is 1.63. The molecule has 0 bridgehead atoms. The molecule has 0 amide bonds. The molecule has 0 aliphatic heterocycles. The first-order chi connectivity index (χ1) is 9.69. The molecule has 4 nitrogen and oxygen atoms in total. The summed E-state index contributed by atoms with van der Waals surface area (Å²) in [7, 11) is 0. The van der Waals surface area contributed by atoms with Crippen molar-refractivity contribution in [3.8, 4) is 5.75 Å². The molecule has 104 valence electrons. The van der Waals surface area contributed by atoms with Gasteiger partial charge in [0.1, 0.15) is 12.4 Å². The van der Waals surface area contributed by atoms with E-state index >= 15 is 0 Å². The number of hydrogen-bond donors (Lipinski definition) is 1. The van der Waals surface area contributed by atoms with Gasteiger partial charge in [0, 0.05) is 17.0 Å². The van der Waals surface area contributed by atoms with Gasteiger partial charge < -0.3 is 9.84 Å². The number of carboxylic acids is 1. The monoisotopic (exact) mass is 289 g/mol. The van der Waals surface area contributed by atoms with Crippen LogP contribution in [0.1, 0.15) is 23.2 Å². The molecule has 0 fully saturated rings. The van der Waals surface area contributed by atoms with Crippen molar-refractivity contribution in [1.82, 2.24) is 4.98 Å². The molecular weight excluding hydrogens is 274 g/mol. The largest absolute Gasteiger partial charge is 0.487 e. The van der Waals surface area contributed by atoms with Crippen LogP contribution in [0.4, 0.5) is 0 Å². The van der Waals surface area contributed by atoms with Crippen molar-refractivity contribution in [2.45, 2.75) is 20.0 Å². The zero-order valence-electron chi connectivity index (χ0n) is 11.1. The van der Waals surface area contributed by atoms with Gasteiger partial charge in [-0.25, -0.2) is 9.78 Å². The van der Waals surface area contributed by atoms with Crippen LogP contribution in [-0.4, -0.2) is 16.1 Å². The molecule has 0 saturated heterocycles. The fourth-order valence-electron chi connectivity index (χ4n) is 1.64. The summed E-state index contributed by atoms with van der Waals surface area (Å²) < 4.78 is 5.71. The summed E-state index contributed by atoms with van der Waals surface area (Å²) in [6, 6.07) is 7.32. The van der Waals surface area contributed by atoms with Crippen LogP contribution in [0.2, 0.25) is 0 Å². The van der Waals surface area contributed by atoms with E-state index in [0.717, 1.165) is 28.8 Å². The van der Waals surface area contributed by atoms with E-state index in [2.05, 4.69) is 11.9 Å². The van der Waals surface area contributed by atoms with Crippen molar-refractivity contribution < 1.29 is 14.6 Å². The highest BCUT2D eigenvalue weighted by Gasteiger charge is 2.04. The molecule has 0 radical (unpaired) electrons. The molecule has 0 spiro atoms. The number of carbonyl (C=O) groups is 1. The number of benzene rings is 1. The molecule has 0 aliphatic rings. The Balaban J connectivity index is 2.07. The number of rotatable bonds is 6. The number of aromatic nitrogens is 1. The second-order valence-corrected chi connectivity index (χ2v) is 5.03. The number of ether oxygens (including phenoxy) is 1. The second kappa shape index (κ2) is 6.86. The van der Waals surface area contributed by atoms with E-state index in [4.69, 9.17) is 9.84 Å². The number of para-hydroxylation sites is 1. The van der Waals surface area contributed by atoms with E-state index in [-0.39, 0.29) is 0 Å². The smallest absolute Gasteiger partial charge is 0.328 e. The standard InChI is InChI=1S/C15H15NO3S/c1-2-14-16-12(10-20-14)9-19-13-6-4-3-5-11(13)7-8-15(17)18/h3-8,10H,2,9H2,1H3,(H,17,18). The average molecular weight is 289 g/mol. The Morgan fingerprint density at radius 1 is 1.45 bits per heavy atom. The van der Waals surface area contributed by atoms with E-state index in [1.54, 1.807) is 11.3 Å². The quantitative estimate of drug-likeness (QED) is 0.828. The molecule has 1 N–H and O–H groups in total. The number of carboxylic acid groups (broad SMARTS) is 1. The molecular formula is C15H15NO3S. The molecule has 0 atom stereocenters. The average Bonchev–Trinajstić information content (AvgIpc) is 2.91. The minimum Gasteiger partial charge on any atom is -0.487 e. The van der Waals surface area contributed by atoms with Gasteiger partial charge in [0.25, 0.3) is 0 Å². The number of aliphatic carboxylic acids is 1. The van der Waals surface area contributed by atoms with Gasteiger partial charge in [-0.2, -0.15) is 0 Å². The van der Waals surface area contributed by atoms with Crippen LogP contribution in [0.25, 0.3) is 6.08 Å². The number of nitrogens with zero attached hydrogens (tertiary/aromatic N) is 1. The van der Waals surface area contributed by atoms with Crippen LogP contribution in [0.15, 0.2) is 35.7 Å². The lowest BCUT2D eigenvalue weighted by Gasteiger charge is -2.07. The summed E-state index contributed by atoms with van der Waals surface area (Å²) in [6.45, 7) is 2.45. The second-order valence-electron chi connectivity index (χ2n) is 4.08. The maximum Gasteiger partial charge on any atom is 0.328 e. The van der Waals surface area contributed by atoms with Crippen LogP contribution >= 0.6 is 11.3 Å². The summed E-state index contributed by atoms with van der Waals surface area (Å²) in [5.74, 6) is -0.331. The van der Waals surface area contributed by atoms with Gasteiger partial charge in [0.15, 0.2) is 0 Å². The van der Waals surface area contributed by atoms with E-state index in [9.17, 15) is 4.79 Å². The maximum atomic E-state index is 10.6. The lowest BCUT2D eigenvalue weighted by Crippen LogP contribution is -1.97. The first-order valence-corrected chi connectivity index (χ1v) is 7.13. The highest BCUT2D eigenvalue weighted by molar-refractivity contribution is 7.09. The Morgan fingerprint density at radius 3 is 2.95 bits per heavy atom. The molecule has 1 heterocycles. The third-order valence-electron chi connectivity index (χ3n) is 2.60. The summed E-state index contributed by atoms with van der Waals surface area (Å²) in [6.07, 6.45) is 3.54. The predicted octanol–water partition coefficient (Wildman–Crippen LogP) is 3.38. The highest BCUT2D eigenvalue weighted by Crippen LogP contribution is 2.21. The predicted molar refractivity (Wildman–Crippen MR) is 78.9 cm³/mol. The Bertz CT molecular complexity index is 619. The topological polar surface area (TPSA) is 59.4 Å². The third kappa shape index (κ3) is 3.93.